The fraction of sp³-hybridized carbons (Fsp3) is 0.111. The Balaban J connectivity index is 2.39. The summed E-state index contributed by atoms with van der Waals surface area (Å²) in [5.41, 5.74) is 0.170. The number of aromatic nitrogens is 4. The summed E-state index contributed by atoms with van der Waals surface area (Å²) < 4.78 is 6.19. The van der Waals surface area contributed by atoms with Gasteiger partial charge in [0.05, 0.1) is 19.5 Å². The second-order valence-electron chi connectivity index (χ2n) is 2.72. The minimum atomic E-state index is -0.510. The molecule has 2 heterocycles. The van der Waals surface area contributed by atoms with Crippen molar-refractivity contribution in [3.8, 4) is 5.82 Å². The van der Waals surface area contributed by atoms with Gasteiger partial charge in [0.15, 0.2) is 11.5 Å². The number of esters is 1. The highest BCUT2D eigenvalue weighted by Gasteiger charge is 2.08. The third kappa shape index (κ3) is 1.83. The van der Waals surface area contributed by atoms with Crippen LogP contribution in [0.5, 0.6) is 0 Å². The lowest BCUT2D eigenvalue weighted by Gasteiger charge is -2.02. The van der Waals surface area contributed by atoms with Crippen molar-refractivity contribution in [3.63, 3.8) is 0 Å². The molecule has 0 spiro atoms. The van der Waals surface area contributed by atoms with E-state index >= 15 is 0 Å². The first kappa shape index (κ1) is 9.32. The highest BCUT2D eigenvalue weighted by molar-refractivity contribution is 5.86. The van der Waals surface area contributed by atoms with Gasteiger partial charge in [-0.25, -0.2) is 14.8 Å². The van der Waals surface area contributed by atoms with Crippen LogP contribution in [0.4, 0.5) is 0 Å². The normalized spacial score (nSPS) is 9.93. The molecule has 2 aromatic heterocycles. The number of imidazole rings is 1. The number of hydrogen-bond donors (Lipinski definition) is 0. The molecule has 0 aliphatic heterocycles. The maximum Gasteiger partial charge on any atom is 0.358 e. The monoisotopic (exact) mass is 204 g/mol. The highest BCUT2D eigenvalue weighted by atomic mass is 16.5. The largest absolute Gasteiger partial charge is 0.464 e. The zero-order valence-corrected chi connectivity index (χ0v) is 7.99. The molecule has 6 nitrogen and oxygen atoms in total. The maximum atomic E-state index is 11.2. The molecule has 0 aliphatic carbocycles. The topological polar surface area (TPSA) is 69.9 Å². The summed E-state index contributed by atoms with van der Waals surface area (Å²) in [6, 6.07) is 0. The number of hydrogen-bond acceptors (Lipinski definition) is 5. The molecule has 15 heavy (non-hydrogen) atoms. The van der Waals surface area contributed by atoms with E-state index in [2.05, 4.69) is 19.7 Å². The summed E-state index contributed by atoms with van der Waals surface area (Å²) in [5.74, 6) is 0.0138. The molecule has 2 rings (SSSR count). The Hall–Kier alpha value is -2.24. The molecular weight excluding hydrogens is 196 g/mol. The number of carbonyl (C=O) groups excluding carboxylic acids is 1. The Morgan fingerprint density at radius 3 is 2.93 bits per heavy atom. The summed E-state index contributed by atoms with van der Waals surface area (Å²) >= 11 is 0. The first-order valence-electron chi connectivity index (χ1n) is 4.20. The third-order valence-corrected chi connectivity index (χ3v) is 1.79. The second kappa shape index (κ2) is 3.87. The van der Waals surface area contributed by atoms with Gasteiger partial charge in [0.25, 0.3) is 0 Å². The summed E-state index contributed by atoms with van der Waals surface area (Å²) in [7, 11) is 1.30. The minimum Gasteiger partial charge on any atom is -0.464 e. The SMILES string of the molecule is COC(=O)c1cncc(-n2ccnc2)n1. The van der Waals surface area contributed by atoms with Crippen molar-refractivity contribution in [2.24, 2.45) is 0 Å². The first-order valence-corrected chi connectivity index (χ1v) is 4.20. The molecule has 0 unspecified atom stereocenters. The summed E-state index contributed by atoms with van der Waals surface area (Å²) in [6.45, 7) is 0. The summed E-state index contributed by atoms with van der Waals surface area (Å²) in [5, 5.41) is 0. The van der Waals surface area contributed by atoms with Crippen molar-refractivity contribution >= 4 is 5.97 Å². The maximum absolute atomic E-state index is 11.2. The van der Waals surface area contributed by atoms with Crippen molar-refractivity contribution in [2.75, 3.05) is 7.11 Å². The number of ether oxygens (including phenoxy) is 1. The van der Waals surface area contributed by atoms with Crippen LogP contribution in [0.3, 0.4) is 0 Å². The molecular formula is C9H8N4O2. The van der Waals surface area contributed by atoms with Gasteiger partial charge in [-0.05, 0) is 0 Å². The van der Waals surface area contributed by atoms with Crippen molar-refractivity contribution < 1.29 is 9.53 Å². The van der Waals surface area contributed by atoms with Crippen LogP contribution in [-0.2, 0) is 4.74 Å². The van der Waals surface area contributed by atoms with Gasteiger partial charge in [-0.2, -0.15) is 0 Å². The predicted molar refractivity (Wildman–Crippen MR) is 50.5 cm³/mol. The molecule has 0 amide bonds. The predicted octanol–water partition coefficient (Wildman–Crippen LogP) is 0.449. The third-order valence-electron chi connectivity index (χ3n) is 1.79. The highest BCUT2D eigenvalue weighted by Crippen LogP contribution is 2.03. The van der Waals surface area contributed by atoms with Gasteiger partial charge in [0.2, 0.25) is 0 Å². The smallest absolute Gasteiger partial charge is 0.358 e. The van der Waals surface area contributed by atoms with E-state index in [1.165, 1.54) is 19.5 Å². The van der Waals surface area contributed by atoms with Crippen LogP contribution in [0.1, 0.15) is 10.5 Å². The fourth-order valence-corrected chi connectivity index (χ4v) is 1.08. The zero-order chi connectivity index (χ0) is 10.7. The van der Waals surface area contributed by atoms with Crippen molar-refractivity contribution in [2.45, 2.75) is 0 Å². The van der Waals surface area contributed by atoms with Crippen LogP contribution in [0, 0.1) is 0 Å². The Labute approximate surface area is 85.6 Å². The molecule has 0 radical (unpaired) electrons. The second-order valence-corrected chi connectivity index (χ2v) is 2.72. The van der Waals surface area contributed by atoms with Gasteiger partial charge < -0.3 is 4.74 Å². The van der Waals surface area contributed by atoms with Crippen LogP contribution in [0.15, 0.2) is 31.1 Å². The van der Waals surface area contributed by atoms with Crippen LogP contribution in [0.2, 0.25) is 0 Å². The fourth-order valence-electron chi connectivity index (χ4n) is 1.08. The lowest BCUT2D eigenvalue weighted by atomic mass is 10.4. The van der Waals surface area contributed by atoms with Crippen LogP contribution in [-0.4, -0.2) is 32.6 Å². The Kier molecular flexibility index (Phi) is 2.40. The Morgan fingerprint density at radius 2 is 2.27 bits per heavy atom. The van der Waals surface area contributed by atoms with Gasteiger partial charge >= 0.3 is 5.97 Å². The number of carbonyl (C=O) groups is 1. The minimum absolute atomic E-state index is 0.170. The molecule has 0 bridgehead atoms. The molecule has 0 aliphatic rings. The molecule has 0 saturated heterocycles. The molecule has 0 aromatic carbocycles. The number of methoxy groups -OCH3 is 1. The Morgan fingerprint density at radius 1 is 1.40 bits per heavy atom. The number of nitrogens with zero attached hydrogens (tertiary/aromatic N) is 4. The van der Waals surface area contributed by atoms with Gasteiger partial charge in [0, 0.05) is 12.4 Å². The lowest BCUT2D eigenvalue weighted by Crippen LogP contribution is -2.07. The molecule has 6 heteroatoms. The van der Waals surface area contributed by atoms with E-state index in [0.717, 1.165) is 0 Å². The van der Waals surface area contributed by atoms with Gasteiger partial charge in [-0.15, -0.1) is 0 Å². The van der Waals surface area contributed by atoms with Gasteiger partial charge in [0.1, 0.15) is 6.33 Å². The van der Waals surface area contributed by atoms with Gasteiger partial charge in [-0.1, -0.05) is 0 Å². The average Bonchev–Trinajstić information content (AvgIpc) is 2.82. The first-order chi connectivity index (χ1) is 7.31. The van der Waals surface area contributed by atoms with Crippen LogP contribution >= 0.6 is 0 Å². The molecule has 0 saturated carbocycles. The number of rotatable bonds is 2. The quantitative estimate of drug-likeness (QED) is 0.664. The lowest BCUT2D eigenvalue weighted by molar-refractivity contribution is 0.0593. The van der Waals surface area contributed by atoms with E-state index in [-0.39, 0.29) is 5.69 Å². The molecule has 0 fully saturated rings. The van der Waals surface area contributed by atoms with E-state index in [1.54, 1.807) is 23.3 Å². The zero-order valence-electron chi connectivity index (χ0n) is 7.99. The molecule has 2 aromatic rings. The average molecular weight is 204 g/mol. The van der Waals surface area contributed by atoms with Crippen LogP contribution in [0.25, 0.3) is 5.82 Å². The van der Waals surface area contributed by atoms with E-state index in [9.17, 15) is 4.79 Å². The molecule has 0 atom stereocenters. The van der Waals surface area contributed by atoms with Crippen molar-refractivity contribution in [1.82, 2.24) is 19.5 Å². The standard InChI is InChI=1S/C9H8N4O2/c1-15-9(14)7-4-11-5-8(12-7)13-3-2-10-6-13/h2-6H,1H3. The molecule has 76 valence electrons. The van der Waals surface area contributed by atoms with E-state index < -0.39 is 5.97 Å². The summed E-state index contributed by atoms with van der Waals surface area (Å²) in [6.07, 6.45) is 7.79. The summed E-state index contributed by atoms with van der Waals surface area (Å²) in [4.78, 5) is 23.0. The van der Waals surface area contributed by atoms with Crippen molar-refractivity contribution in [3.05, 3.63) is 36.8 Å². The molecule has 0 N–H and O–H groups in total. The van der Waals surface area contributed by atoms with Crippen molar-refractivity contribution in [1.29, 1.82) is 0 Å². The van der Waals surface area contributed by atoms with E-state index in [0.29, 0.717) is 5.82 Å². The Bertz CT molecular complexity index is 467. The van der Waals surface area contributed by atoms with Crippen LogP contribution < -0.4 is 0 Å². The van der Waals surface area contributed by atoms with E-state index in [1.807, 2.05) is 0 Å². The van der Waals surface area contributed by atoms with Gasteiger partial charge in [-0.3, -0.25) is 9.55 Å². The van der Waals surface area contributed by atoms with E-state index in [4.69, 9.17) is 0 Å².